The molecule has 0 aliphatic carbocycles. The fourth-order valence-corrected chi connectivity index (χ4v) is 1.05. The third-order valence-corrected chi connectivity index (χ3v) is 1.77. The van der Waals surface area contributed by atoms with Crippen LogP contribution in [0.5, 0.6) is 0 Å². The fourth-order valence-electron chi connectivity index (χ4n) is 0.945. The van der Waals surface area contributed by atoms with Crippen molar-refractivity contribution in [2.75, 3.05) is 7.11 Å². The molecule has 0 radical (unpaired) electrons. The Bertz CT molecular complexity index is 417. The van der Waals surface area contributed by atoms with Gasteiger partial charge in [-0.25, -0.2) is 4.79 Å². The summed E-state index contributed by atoms with van der Waals surface area (Å²) in [5, 5.41) is 2.28. The largest absolute Gasteiger partial charge is 0.466 e. The van der Waals surface area contributed by atoms with Crippen LogP contribution in [-0.2, 0) is 9.53 Å². The van der Waals surface area contributed by atoms with Crippen LogP contribution in [0.4, 0.5) is 5.69 Å². The maximum absolute atomic E-state index is 10.8. The van der Waals surface area contributed by atoms with E-state index >= 15 is 0 Å². The van der Waals surface area contributed by atoms with Crippen molar-refractivity contribution >= 4 is 35.1 Å². The minimum atomic E-state index is -0.379. The Morgan fingerprint density at radius 3 is 2.67 bits per heavy atom. The summed E-state index contributed by atoms with van der Waals surface area (Å²) in [6.45, 7) is 0. The lowest BCUT2D eigenvalue weighted by atomic mass is 10.2. The molecular formula is C11H9NO2S. The van der Waals surface area contributed by atoms with E-state index in [9.17, 15) is 4.79 Å². The van der Waals surface area contributed by atoms with Crippen LogP contribution >= 0.6 is 12.2 Å². The van der Waals surface area contributed by atoms with Crippen molar-refractivity contribution in [2.45, 2.75) is 0 Å². The van der Waals surface area contributed by atoms with Crippen LogP contribution in [-0.4, -0.2) is 18.2 Å². The number of isothiocyanates is 1. The summed E-state index contributed by atoms with van der Waals surface area (Å²) in [4.78, 5) is 14.6. The summed E-state index contributed by atoms with van der Waals surface area (Å²) in [5.41, 5.74) is 1.63. The van der Waals surface area contributed by atoms with Gasteiger partial charge in [-0.3, -0.25) is 0 Å². The molecule has 0 atom stereocenters. The first-order valence-electron chi connectivity index (χ1n) is 4.20. The molecule has 0 saturated carbocycles. The SMILES string of the molecule is COC(=O)C=Cc1ccc(N=C=S)cc1. The predicted molar refractivity (Wildman–Crippen MR) is 62.2 cm³/mol. The molecule has 4 heteroatoms. The average Bonchev–Trinajstić information content (AvgIpc) is 2.28. The van der Waals surface area contributed by atoms with Gasteiger partial charge >= 0.3 is 5.97 Å². The number of aliphatic imine (C=N–C) groups is 1. The van der Waals surface area contributed by atoms with Gasteiger partial charge in [0, 0.05) is 6.08 Å². The van der Waals surface area contributed by atoms with Gasteiger partial charge in [-0.1, -0.05) is 12.1 Å². The van der Waals surface area contributed by atoms with E-state index in [2.05, 4.69) is 27.1 Å². The first-order valence-corrected chi connectivity index (χ1v) is 4.61. The quantitative estimate of drug-likeness (QED) is 0.339. The van der Waals surface area contributed by atoms with Crippen molar-refractivity contribution in [1.82, 2.24) is 0 Å². The number of methoxy groups -OCH3 is 1. The Balaban J connectivity index is 2.76. The highest BCUT2D eigenvalue weighted by atomic mass is 32.1. The lowest BCUT2D eigenvalue weighted by Crippen LogP contribution is -1.92. The number of carbonyl (C=O) groups excluding carboxylic acids is 1. The predicted octanol–water partition coefficient (Wildman–Crippen LogP) is 2.61. The molecule has 15 heavy (non-hydrogen) atoms. The van der Waals surface area contributed by atoms with Gasteiger partial charge in [-0.2, -0.15) is 4.99 Å². The molecule has 0 aromatic heterocycles. The number of rotatable bonds is 3. The Morgan fingerprint density at radius 2 is 2.13 bits per heavy atom. The zero-order chi connectivity index (χ0) is 11.1. The number of hydrogen-bond acceptors (Lipinski definition) is 4. The topological polar surface area (TPSA) is 38.7 Å². The molecule has 0 amide bonds. The Morgan fingerprint density at radius 1 is 1.47 bits per heavy atom. The van der Waals surface area contributed by atoms with Gasteiger partial charge in [0.15, 0.2) is 0 Å². The van der Waals surface area contributed by atoms with E-state index < -0.39 is 0 Å². The first-order chi connectivity index (χ1) is 7.26. The standard InChI is InChI=1S/C11H9NO2S/c1-14-11(13)7-4-9-2-5-10(6-3-9)12-8-15/h2-7H,1H3. The molecule has 1 aromatic rings. The van der Waals surface area contributed by atoms with Crippen LogP contribution in [0.3, 0.4) is 0 Å². The molecule has 0 aliphatic rings. The highest BCUT2D eigenvalue weighted by Crippen LogP contribution is 2.13. The minimum absolute atomic E-state index is 0.379. The van der Waals surface area contributed by atoms with Crippen LogP contribution in [0.25, 0.3) is 6.08 Å². The highest BCUT2D eigenvalue weighted by molar-refractivity contribution is 7.78. The van der Waals surface area contributed by atoms with Gasteiger partial charge in [0.25, 0.3) is 0 Å². The molecule has 1 rings (SSSR count). The van der Waals surface area contributed by atoms with E-state index in [0.717, 1.165) is 11.3 Å². The van der Waals surface area contributed by atoms with Gasteiger partial charge in [0.05, 0.1) is 18.0 Å². The summed E-state index contributed by atoms with van der Waals surface area (Å²) in [5.74, 6) is -0.379. The number of benzene rings is 1. The Labute approximate surface area is 93.1 Å². The van der Waals surface area contributed by atoms with E-state index in [1.807, 2.05) is 12.1 Å². The molecule has 0 unspecified atom stereocenters. The number of hydrogen-bond donors (Lipinski definition) is 0. The number of carbonyl (C=O) groups is 1. The number of ether oxygens (including phenoxy) is 1. The third kappa shape index (κ3) is 3.85. The normalized spacial score (nSPS) is 9.67. The smallest absolute Gasteiger partial charge is 0.330 e. The van der Waals surface area contributed by atoms with E-state index in [1.54, 1.807) is 18.2 Å². The van der Waals surface area contributed by atoms with Gasteiger partial charge in [0.1, 0.15) is 0 Å². The van der Waals surface area contributed by atoms with E-state index in [0.29, 0.717) is 0 Å². The Kier molecular flexibility index (Phi) is 4.41. The van der Waals surface area contributed by atoms with Crippen LogP contribution in [0.1, 0.15) is 5.56 Å². The molecular weight excluding hydrogens is 210 g/mol. The summed E-state index contributed by atoms with van der Waals surface area (Å²) in [7, 11) is 1.34. The van der Waals surface area contributed by atoms with Gasteiger partial charge in [-0.05, 0) is 36.0 Å². The van der Waals surface area contributed by atoms with Crippen LogP contribution in [0, 0.1) is 0 Å². The highest BCUT2D eigenvalue weighted by Gasteiger charge is 1.92. The molecule has 76 valence electrons. The lowest BCUT2D eigenvalue weighted by molar-refractivity contribution is -0.134. The maximum Gasteiger partial charge on any atom is 0.330 e. The fraction of sp³-hybridized carbons (Fsp3) is 0.0909. The van der Waals surface area contributed by atoms with Crippen molar-refractivity contribution in [2.24, 2.45) is 4.99 Å². The summed E-state index contributed by atoms with van der Waals surface area (Å²) >= 11 is 4.48. The molecule has 0 spiro atoms. The Hall–Kier alpha value is -1.77. The van der Waals surface area contributed by atoms with Crippen molar-refractivity contribution in [3.8, 4) is 0 Å². The van der Waals surface area contributed by atoms with Crippen LogP contribution in [0.15, 0.2) is 35.3 Å². The summed E-state index contributed by atoms with van der Waals surface area (Å²) < 4.78 is 4.47. The zero-order valence-electron chi connectivity index (χ0n) is 8.14. The molecule has 3 nitrogen and oxygen atoms in total. The lowest BCUT2D eigenvalue weighted by Gasteiger charge is -1.94. The molecule has 0 bridgehead atoms. The first kappa shape index (κ1) is 11.3. The average molecular weight is 219 g/mol. The number of thiocarbonyl (C=S) groups is 1. The molecule has 0 saturated heterocycles. The molecule has 0 N–H and O–H groups in total. The van der Waals surface area contributed by atoms with E-state index in [4.69, 9.17) is 0 Å². The maximum atomic E-state index is 10.8. The van der Waals surface area contributed by atoms with Crippen molar-refractivity contribution < 1.29 is 9.53 Å². The number of esters is 1. The van der Waals surface area contributed by atoms with Gasteiger partial charge in [0.2, 0.25) is 0 Å². The molecule has 1 aromatic carbocycles. The monoisotopic (exact) mass is 219 g/mol. The molecule has 0 heterocycles. The van der Waals surface area contributed by atoms with E-state index in [-0.39, 0.29) is 5.97 Å². The molecule has 0 fully saturated rings. The summed E-state index contributed by atoms with van der Waals surface area (Å²) in [6.07, 6.45) is 3.02. The van der Waals surface area contributed by atoms with Crippen LogP contribution in [0.2, 0.25) is 0 Å². The second kappa shape index (κ2) is 5.86. The number of nitrogens with zero attached hydrogens (tertiary/aromatic N) is 1. The zero-order valence-corrected chi connectivity index (χ0v) is 8.95. The van der Waals surface area contributed by atoms with Crippen LogP contribution < -0.4 is 0 Å². The second-order valence-corrected chi connectivity index (χ2v) is 2.83. The van der Waals surface area contributed by atoms with Crippen molar-refractivity contribution in [1.29, 1.82) is 0 Å². The minimum Gasteiger partial charge on any atom is -0.466 e. The molecule has 0 aliphatic heterocycles. The van der Waals surface area contributed by atoms with Gasteiger partial charge in [-0.15, -0.1) is 0 Å². The second-order valence-electron chi connectivity index (χ2n) is 2.65. The van der Waals surface area contributed by atoms with Crippen molar-refractivity contribution in [3.05, 3.63) is 35.9 Å². The van der Waals surface area contributed by atoms with E-state index in [1.165, 1.54) is 13.2 Å². The third-order valence-electron chi connectivity index (χ3n) is 1.68. The van der Waals surface area contributed by atoms with Gasteiger partial charge < -0.3 is 4.74 Å². The summed E-state index contributed by atoms with van der Waals surface area (Å²) in [6, 6.07) is 7.22. The van der Waals surface area contributed by atoms with Crippen molar-refractivity contribution in [3.63, 3.8) is 0 Å².